The lowest BCUT2D eigenvalue weighted by Crippen LogP contribution is -2.56. The van der Waals surface area contributed by atoms with Crippen molar-refractivity contribution in [2.45, 2.75) is 33.7 Å². The van der Waals surface area contributed by atoms with Gasteiger partial charge in [0.2, 0.25) is 5.91 Å². The highest BCUT2D eigenvalue weighted by Crippen LogP contribution is 2.37. The molecule has 0 aliphatic carbocycles. The fourth-order valence-corrected chi connectivity index (χ4v) is 3.97. The van der Waals surface area contributed by atoms with Gasteiger partial charge in [0.15, 0.2) is 6.04 Å². The van der Waals surface area contributed by atoms with Gasteiger partial charge in [-0.15, -0.1) is 0 Å². The molecule has 2 amide bonds. The van der Waals surface area contributed by atoms with Crippen LogP contribution in [0.1, 0.15) is 34.1 Å². The molecule has 1 aliphatic rings. The lowest BCUT2D eigenvalue weighted by atomic mass is 10.0. The molecule has 5 heteroatoms. The number of carbonyl (C=O) groups excluding carboxylic acids is 2. The van der Waals surface area contributed by atoms with E-state index >= 15 is 0 Å². The summed E-state index contributed by atoms with van der Waals surface area (Å²) in [7, 11) is 0. The molecule has 1 aliphatic heterocycles. The van der Waals surface area contributed by atoms with Crippen molar-refractivity contribution in [1.29, 1.82) is 0 Å². The lowest BCUT2D eigenvalue weighted by molar-refractivity contribution is -0.129. The van der Waals surface area contributed by atoms with Crippen LogP contribution in [0.2, 0.25) is 0 Å². The van der Waals surface area contributed by atoms with Crippen LogP contribution >= 0.6 is 0 Å². The van der Waals surface area contributed by atoms with Gasteiger partial charge in [0, 0.05) is 11.4 Å². The highest BCUT2D eigenvalue weighted by molar-refractivity contribution is 6.14. The van der Waals surface area contributed by atoms with Crippen molar-refractivity contribution in [3.05, 3.63) is 82.8 Å². The van der Waals surface area contributed by atoms with Crippen molar-refractivity contribution >= 4 is 23.2 Å². The molecule has 2 aromatic carbocycles. The van der Waals surface area contributed by atoms with Crippen LogP contribution in [0.15, 0.2) is 59.2 Å². The van der Waals surface area contributed by atoms with Gasteiger partial charge in [-0.3, -0.25) is 14.5 Å². The fraction of sp³-hybridized carbons (Fsp3) is 0.250. The molecule has 1 fully saturated rings. The number of furan rings is 1. The van der Waals surface area contributed by atoms with Crippen LogP contribution in [0.4, 0.5) is 11.4 Å². The fourth-order valence-electron chi connectivity index (χ4n) is 3.97. The molecule has 4 rings (SSSR count). The first-order valence-electron chi connectivity index (χ1n) is 9.69. The van der Waals surface area contributed by atoms with Gasteiger partial charge in [0.05, 0.1) is 6.26 Å². The Kier molecular flexibility index (Phi) is 4.74. The molecule has 0 bridgehead atoms. The molecular weight excluding hydrogens is 364 g/mol. The van der Waals surface area contributed by atoms with Gasteiger partial charge >= 0.3 is 0 Å². The van der Waals surface area contributed by atoms with E-state index in [2.05, 4.69) is 0 Å². The lowest BCUT2D eigenvalue weighted by Gasteiger charge is -2.40. The van der Waals surface area contributed by atoms with Gasteiger partial charge in [-0.05, 0) is 68.7 Å². The molecule has 0 saturated carbocycles. The third kappa shape index (κ3) is 3.23. The Morgan fingerprint density at radius 2 is 1.69 bits per heavy atom. The second-order valence-corrected chi connectivity index (χ2v) is 7.62. The van der Waals surface area contributed by atoms with E-state index in [1.165, 1.54) is 6.26 Å². The highest BCUT2D eigenvalue weighted by atomic mass is 16.3. The van der Waals surface area contributed by atoms with E-state index in [0.29, 0.717) is 5.76 Å². The first kappa shape index (κ1) is 19.0. The summed E-state index contributed by atoms with van der Waals surface area (Å²) < 4.78 is 5.60. The Bertz CT molecular complexity index is 1090. The van der Waals surface area contributed by atoms with Crippen LogP contribution in [-0.2, 0) is 9.59 Å². The molecule has 0 N–H and O–H groups in total. The standard InChI is InChI=1S/C24H24N2O3/c1-15-10-11-19(17(3)13-15)26-22(27)14-25(20-8-5-7-16(2)18(20)4)24(28)23(26)21-9-6-12-29-21/h5-13,23H,14H2,1-4H3/t23-/m1/s1. The van der Waals surface area contributed by atoms with Crippen LogP contribution < -0.4 is 9.80 Å². The number of benzene rings is 2. The van der Waals surface area contributed by atoms with Crippen LogP contribution in [0, 0.1) is 27.7 Å². The van der Waals surface area contributed by atoms with Gasteiger partial charge in [-0.2, -0.15) is 0 Å². The van der Waals surface area contributed by atoms with E-state index in [1.807, 2.05) is 64.1 Å². The third-order valence-corrected chi connectivity index (χ3v) is 5.61. The average Bonchev–Trinajstić information content (AvgIpc) is 3.20. The summed E-state index contributed by atoms with van der Waals surface area (Å²) in [5, 5.41) is 0. The number of nitrogens with zero attached hydrogens (tertiary/aromatic N) is 2. The molecule has 1 aromatic heterocycles. The largest absolute Gasteiger partial charge is 0.467 e. The zero-order valence-corrected chi connectivity index (χ0v) is 17.1. The van der Waals surface area contributed by atoms with Crippen molar-refractivity contribution < 1.29 is 14.0 Å². The number of piperazine rings is 1. The average molecular weight is 388 g/mol. The Morgan fingerprint density at radius 3 is 2.38 bits per heavy atom. The molecule has 0 radical (unpaired) electrons. The highest BCUT2D eigenvalue weighted by Gasteiger charge is 2.44. The molecule has 5 nitrogen and oxygen atoms in total. The zero-order chi connectivity index (χ0) is 20.7. The van der Waals surface area contributed by atoms with E-state index in [4.69, 9.17) is 4.42 Å². The number of carbonyl (C=O) groups is 2. The minimum atomic E-state index is -0.840. The van der Waals surface area contributed by atoms with Crippen LogP contribution in [-0.4, -0.2) is 18.4 Å². The van der Waals surface area contributed by atoms with Gasteiger partial charge in [-0.25, -0.2) is 0 Å². The smallest absolute Gasteiger partial charge is 0.258 e. The van der Waals surface area contributed by atoms with Gasteiger partial charge in [-0.1, -0.05) is 29.8 Å². The van der Waals surface area contributed by atoms with Gasteiger partial charge in [0.25, 0.3) is 5.91 Å². The van der Waals surface area contributed by atoms with E-state index in [9.17, 15) is 9.59 Å². The van der Waals surface area contributed by atoms with Crippen LogP contribution in [0.25, 0.3) is 0 Å². The van der Waals surface area contributed by atoms with Crippen LogP contribution in [0.5, 0.6) is 0 Å². The van der Waals surface area contributed by atoms with Gasteiger partial charge < -0.3 is 9.32 Å². The minimum Gasteiger partial charge on any atom is -0.467 e. The number of amides is 2. The quantitative estimate of drug-likeness (QED) is 0.657. The Morgan fingerprint density at radius 1 is 0.897 bits per heavy atom. The summed E-state index contributed by atoms with van der Waals surface area (Å²) in [6.07, 6.45) is 1.53. The predicted octanol–water partition coefficient (Wildman–Crippen LogP) is 4.63. The van der Waals surface area contributed by atoms with E-state index in [1.54, 1.807) is 21.9 Å². The summed E-state index contributed by atoms with van der Waals surface area (Å²) in [6, 6.07) is 14.3. The molecule has 3 aromatic rings. The van der Waals surface area contributed by atoms with E-state index < -0.39 is 6.04 Å². The Hall–Kier alpha value is -3.34. The predicted molar refractivity (Wildman–Crippen MR) is 113 cm³/mol. The first-order chi connectivity index (χ1) is 13.9. The van der Waals surface area contributed by atoms with Crippen LogP contribution in [0.3, 0.4) is 0 Å². The summed E-state index contributed by atoms with van der Waals surface area (Å²) in [5.74, 6) is 0.144. The summed E-state index contributed by atoms with van der Waals surface area (Å²) in [4.78, 5) is 30.2. The summed E-state index contributed by atoms with van der Waals surface area (Å²) in [5.41, 5.74) is 5.62. The van der Waals surface area contributed by atoms with E-state index in [-0.39, 0.29) is 18.4 Å². The minimum absolute atomic E-state index is 0.00630. The number of aryl methyl sites for hydroxylation is 3. The molecule has 29 heavy (non-hydrogen) atoms. The maximum Gasteiger partial charge on any atom is 0.258 e. The molecule has 1 atom stereocenters. The van der Waals surface area contributed by atoms with Crippen molar-refractivity contribution in [3.63, 3.8) is 0 Å². The molecular formula is C24H24N2O3. The number of rotatable bonds is 3. The molecule has 148 valence electrons. The summed E-state index contributed by atoms with van der Waals surface area (Å²) >= 11 is 0. The number of hydrogen-bond acceptors (Lipinski definition) is 3. The second kappa shape index (κ2) is 7.24. The number of hydrogen-bond donors (Lipinski definition) is 0. The molecule has 1 saturated heterocycles. The van der Waals surface area contributed by atoms with Gasteiger partial charge in [0.1, 0.15) is 12.3 Å². The Labute approximate surface area is 170 Å². The maximum atomic E-state index is 13.7. The van der Waals surface area contributed by atoms with Crippen molar-refractivity contribution in [1.82, 2.24) is 0 Å². The normalized spacial score (nSPS) is 17.2. The molecule has 2 heterocycles. The monoisotopic (exact) mass is 388 g/mol. The zero-order valence-electron chi connectivity index (χ0n) is 17.1. The topological polar surface area (TPSA) is 53.8 Å². The Balaban J connectivity index is 1.84. The third-order valence-electron chi connectivity index (χ3n) is 5.61. The maximum absolute atomic E-state index is 13.7. The number of anilines is 2. The SMILES string of the molecule is Cc1ccc(N2C(=O)CN(c3cccc(C)c3C)C(=O)[C@H]2c2ccco2)c(C)c1. The first-order valence-corrected chi connectivity index (χ1v) is 9.69. The van der Waals surface area contributed by atoms with Crippen molar-refractivity contribution in [2.24, 2.45) is 0 Å². The molecule has 0 unspecified atom stereocenters. The van der Waals surface area contributed by atoms with Crippen molar-refractivity contribution in [2.75, 3.05) is 16.3 Å². The van der Waals surface area contributed by atoms with Crippen molar-refractivity contribution in [3.8, 4) is 0 Å². The second-order valence-electron chi connectivity index (χ2n) is 7.62. The summed E-state index contributed by atoms with van der Waals surface area (Å²) in [6.45, 7) is 7.93. The van der Waals surface area contributed by atoms with E-state index in [0.717, 1.165) is 33.6 Å². The molecule has 0 spiro atoms.